The SMILES string of the molecule is COC(=O)C1O[C@@H](O[C@@H]2C(COCc3ccccc3)O[C@@H](O[C@@H]3C(COCc4ccccc4)O[C@H](O[C@H]4C(COCc5ccccc5)O[C@H](OCCN(Cc5ccccc5)C(=O)OCc5ccccc5)C(C)[C@H]4C)C(C)[C@H]3C)C(OC(=O)c3ccccc3)[C@H]2C)C(OC(=O)c2ccccc2)[C@@H](C)[C@@H]1O[C@H]1OC(COCc2ccccc2)[C@H](OCc2ccccc2)[C@H](C)C1C. The molecule has 0 saturated carbocycles. The van der Waals surface area contributed by atoms with Gasteiger partial charge in [-0.2, -0.15) is 0 Å². The fourth-order valence-electron chi connectivity index (χ4n) is 17.4. The van der Waals surface area contributed by atoms with E-state index in [1.807, 2.05) is 226 Å². The molecule has 5 heterocycles. The van der Waals surface area contributed by atoms with Gasteiger partial charge in [0.1, 0.15) is 37.1 Å². The van der Waals surface area contributed by atoms with Crippen molar-refractivity contribution in [1.82, 2.24) is 4.90 Å². The molecule has 0 aromatic heterocycles. The highest BCUT2D eigenvalue weighted by Crippen LogP contribution is 2.45. The summed E-state index contributed by atoms with van der Waals surface area (Å²) in [6.07, 6.45) is -17.9. The van der Waals surface area contributed by atoms with Crippen LogP contribution in [0.4, 0.5) is 4.79 Å². The molecule has 1 amide bonds. The summed E-state index contributed by atoms with van der Waals surface area (Å²) in [5, 5.41) is 0. The van der Waals surface area contributed by atoms with Gasteiger partial charge in [0.25, 0.3) is 0 Å². The van der Waals surface area contributed by atoms with Crippen molar-refractivity contribution in [3.63, 3.8) is 0 Å². The molecule has 0 radical (unpaired) electrons. The Morgan fingerprint density at radius 1 is 0.295 bits per heavy atom. The first-order valence-corrected chi connectivity index (χ1v) is 45.1. The van der Waals surface area contributed by atoms with Gasteiger partial charge < -0.3 is 94.9 Å². The highest BCUT2D eigenvalue weighted by Gasteiger charge is 2.58. The Kier molecular flexibility index (Phi) is 35.2. The van der Waals surface area contributed by atoms with E-state index in [4.69, 9.17) is 90.0 Å². The quantitative estimate of drug-likeness (QED) is 0.0256. The van der Waals surface area contributed by atoms with Gasteiger partial charge in [0.15, 0.2) is 49.8 Å². The zero-order valence-corrected chi connectivity index (χ0v) is 74.9. The molecule has 686 valence electrons. The molecule has 129 heavy (non-hydrogen) atoms. The number of nitrogens with zero attached hydrogens (tertiary/aromatic N) is 1. The Labute approximate surface area is 757 Å². The molecule has 9 aromatic rings. The van der Waals surface area contributed by atoms with Crippen LogP contribution >= 0.6 is 0 Å². The molecule has 0 aliphatic carbocycles. The van der Waals surface area contributed by atoms with Gasteiger partial charge in [-0.3, -0.25) is 0 Å². The van der Waals surface area contributed by atoms with Gasteiger partial charge in [-0.25, -0.2) is 19.2 Å². The molecule has 5 saturated heterocycles. The summed E-state index contributed by atoms with van der Waals surface area (Å²) in [5.74, 6) is -5.90. The smallest absolute Gasteiger partial charge is 0.410 e. The maximum atomic E-state index is 15.1. The van der Waals surface area contributed by atoms with E-state index in [1.165, 1.54) is 7.11 Å². The minimum atomic E-state index is -1.58. The van der Waals surface area contributed by atoms with Crippen LogP contribution in [0.2, 0.25) is 0 Å². The molecular formula is C105H123NO23. The summed E-state index contributed by atoms with van der Waals surface area (Å²) in [7, 11) is 1.26. The molecule has 10 unspecified atom stereocenters. The first kappa shape index (κ1) is 95.2. The molecular weight excluding hydrogens is 1640 g/mol. The van der Waals surface area contributed by atoms with Crippen molar-refractivity contribution in [3.8, 4) is 0 Å². The van der Waals surface area contributed by atoms with Gasteiger partial charge in [-0.15, -0.1) is 0 Å². The number of esters is 3. The van der Waals surface area contributed by atoms with Crippen LogP contribution in [0.5, 0.6) is 0 Å². The molecule has 9 aromatic carbocycles. The largest absolute Gasteiger partial charge is 0.467 e. The van der Waals surface area contributed by atoms with Crippen molar-refractivity contribution in [1.29, 1.82) is 0 Å². The van der Waals surface area contributed by atoms with Crippen molar-refractivity contribution in [2.24, 2.45) is 47.3 Å². The number of hydrogen-bond acceptors (Lipinski definition) is 23. The second-order valence-electron chi connectivity index (χ2n) is 34.4. The van der Waals surface area contributed by atoms with Crippen LogP contribution < -0.4 is 0 Å². The van der Waals surface area contributed by atoms with E-state index in [0.29, 0.717) is 26.4 Å². The third-order valence-corrected chi connectivity index (χ3v) is 25.5. The zero-order chi connectivity index (χ0) is 90.0. The normalized spacial score (nSPS) is 29.3. The summed E-state index contributed by atoms with van der Waals surface area (Å²) in [5.41, 5.74) is 7.03. The molecule has 14 rings (SSSR count). The van der Waals surface area contributed by atoms with Crippen molar-refractivity contribution in [3.05, 3.63) is 323 Å². The molecule has 5 aliphatic heterocycles. The topological polar surface area (TPSA) is 247 Å². The van der Waals surface area contributed by atoms with Crippen LogP contribution in [0.1, 0.15) is 115 Å². The van der Waals surface area contributed by atoms with Crippen LogP contribution in [-0.2, 0) is 141 Å². The Hall–Kier alpha value is -9.94. The van der Waals surface area contributed by atoms with E-state index >= 15 is 4.79 Å². The number of rotatable bonds is 40. The summed E-state index contributed by atoms with van der Waals surface area (Å²) in [6.45, 7) is 18.2. The fourth-order valence-corrected chi connectivity index (χ4v) is 17.4. The lowest BCUT2D eigenvalue weighted by Crippen LogP contribution is -2.65. The van der Waals surface area contributed by atoms with E-state index in [0.717, 1.165) is 38.9 Å². The van der Waals surface area contributed by atoms with Gasteiger partial charge in [0.2, 0.25) is 0 Å². The predicted molar refractivity (Wildman–Crippen MR) is 478 cm³/mol. The predicted octanol–water partition coefficient (Wildman–Crippen LogP) is 17.2. The van der Waals surface area contributed by atoms with Crippen LogP contribution in [-0.4, -0.2) is 180 Å². The number of methoxy groups -OCH3 is 1. The second-order valence-corrected chi connectivity index (χ2v) is 34.4. The van der Waals surface area contributed by atoms with Crippen LogP contribution in [0.3, 0.4) is 0 Å². The van der Waals surface area contributed by atoms with E-state index in [9.17, 15) is 14.4 Å². The first-order valence-electron chi connectivity index (χ1n) is 45.1. The molecule has 5 aliphatic rings. The molecule has 24 nitrogen and oxygen atoms in total. The van der Waals surface area contributed by atoms with Gasteiger partial charge in [0, 0.05) is 42.7 Å². The lowest BCUT2D eigenvalue weighted by molar-refractivity contribution is -0.375. The number of carbonyl (C=O) groups is 4. The van der Waals surface area contributed by atoms with Crippen molar-refractivity contribution in [2.45, 2.75) is 206 Å². The van der Waals surface area contributed by atoms with Crippen LogP contribution in [0.25, 0.3) is 0 Å². The first-order chi connectivity index (χ1) is 62.9. The number of hydrogen-bond donors (Lipinski definition) is 0. The van der Waals surface area contributed by atoms with Crippen LogP contribution in [0.15, 0.2) is 273 Å². The molecule has 25 atom stereocenters. The molecule has 5 fully saturated rings. The van der Waals surface area contributed by atoms with Gasteiger partial charge in [-0.1, -0.05) is 304 Å². The molecule has 24 heteroatoms. The van der Waals surface area contributed by atoms with Crippen molar-refractivity contribution < 1.29 is 109 Å². The Balaban J connectivity index is 0.753. The van der Waals surface area contributed by atoms with E-state index in [-0.39, 0.29) is 94.2 Å². The van der Waals surface area contributed by atoms with Gasteiger partial charge in [-0.05, 0) is 81.0 Å². The lowest BCUT2D eigenvalue weighted by Gasteiger charge is -2.52. The monoisotopic (exact) mass is 1770 g/mol. The average molecular weight is 1770 g/mol. The Morgan fingerprint density at radius 2 is 0.597 bits per heavy atom. The number of carbonyl (C=O) groups excluding carboxylic acids is 4. The second kappa shape index (κ2) is 47.8. The third-order valence-electron chi connectivity index (χ3n) is 25.5. The fraction of sp³-hybridized carbons (Fsp3) is 0.448. The van der Waals surface area contributed by atoms with E-state index in [2.05, 4.69) is 34.6 Å². The third kappa shape index (κ3) is 25.8. The number of amides is 1. The Bertz CT molecular complexity index is 4810. The highest BCUT2D eigenvalue weighted by atomic mass is 16.8. The Morgan fingerprint density at radius 3 is 1.00 bits per heavy atom. The van der Waals surface area contributed by atoms with Crippen LogP contribution in [0, 0.1) is 47.3 Å². The molecule has 0 bridgehead atoms. The lowest BCUT2D eigenvalue weighted by atomic mass is 9.82. The highest BCUT2D eigenvalue weighted by molar-refractivity contribution is 5.90. The summed E-state index contributed by atoms with van der Waals surface area (Å²) in [6, 6.07) is 85.7. The minimum absolute atomic E-state index is 0.000924. The van der Waals surface area contributed by atoms with Gasteiger partial charge >= 0.3 is 24.0 Å². The van der Waals surface area contributed by atoms with Crippen molar-refractivity contribution >= 4 is 24.0 Å². The minimum Gasteiger partial charge on any atom is -0.467 e. The summed E-state index contributed by atoms with van der Waals surface area (Å²) in [4.78, 5) is 60.4. The van der Waals surface area contributed by atoms with E-state index in [1.54, 1.807) is 72.5 Å². The standard InChI is InChI=1S/C105H123NO23/c1-68-72(5)102(120-85(64-112-58-77-39-21-11-22-40-77)89(68)117-62-81-47-29-15-30-48-81)128-93-75(8)95(124-98(108)84-53-35-18-36-54-84)104(129-96(93)99(109)111-9)127-92-74(7)94(123-97(107)83-51-33-17-34-52-83)103(122-88(92)67-115-61-80-45-27-14-28-46-80)126-91-70(3)73(6)101(121-87(91)66-114-60-79-43-25-13-26-44-79)125-90-69(2)71(4)100(119-86(90)65-113-59-78-41-23-12-24-42-78)116-56-55-106(57-76-37-19-10-20-38-76)105(110)118-63-82-49-31-16-32-50-82/h10-54,68-75,85-96,100-104H,55-67H2,1-9H3/t68-,69-,70-,71?,72?,73?,74+,75+,85?,86?,87?,88?,89-,90-,91+,92+,93+,94?,95?,96?,100+,101-,102-,103+,104-/m1/s1. The number of benzene rings is 9. The maximum absolute atomic E-state index is 15.1. The molecule has 0 spiro atoms. The van der Waals surface area contributed by atoms with Crippen molar-refractivity contribution in [2.75, 3.05) is 46.7 Å². The maximum Gasteiger partial charge on any atom is 0.410 e. The zero-order valence-electron chi connectivity index (χ0n) is 74.9. The summed E-state index contributed by atoms with van der Waals surface area (Å²) < 4.78 is 130. The van der Waals surface area contributed by atoms with E-state index < -0.39 is 152 Å². The molecule has 0 N–H and O–H groups in total. The number of ether oxygens (including phenoxy) is 19. The summed E-state index contributed by atoms with van der Waals surface area (Å²) >= 11 is 0. The average Bonchev–Trinajstić information content (AvgIpc) is 0.776. The van der Waals surface area contributed by atoms with Gasteiger partial charge in [0.05, 0.1) is 109 Å².